The molecule has 0 aromatic carbocycles. The molecule has 1 aliphatic heterocycles. The average molecular weight is 386 g/mol. The second-order valence-corrected chi connectivity index (χ2v) is 5.74. The lowest BCUT2D eigenvalue weighted by Crippen LogP contribution is -2.35. The van der Waals surface area contributed by atoms with Crippen molar-refractivity contribution in [2.75, 3.05) is 6.61 Å². The highest BCUT2D eigenvalue weighted by Crippen LogP contribution is 2.33. The molecule has 0 bridgehead atoms. The van der Waals surface area contributed by atoms with Crippen LogP contribution < -0.4 is 11.2 Å². The Bertz CT molecular complexity index is 557. The van der Waals surface area contributed by atoms with E-state index in [4.69, 9.17) is 9.84 Å². The van der Waals surface area contributed by atoms with Crippen molar-refractivity contribution in [3.8, 4) is 0 Å². The molecule has 0 unspecified atom stereocenters. The summed E-state index contributed by atoms with van der Waals surface area (Å²) in [4.78, 5) is 24.4. The predicted molar refractivity (Wildman–Crippen MR) is 68.7 cm³/mol. The Kier molecular flexibility index (Phi) is 4.07. The molecular formula is C9H10Br2N2O5. The number of alkyl halides is 1. The molecule has 2 rings (SSSR count). The van der Waals surface area contributed by atoms with Crippen molar-refractivity contribution in [2.45, 2.75) is 23.3 Å². The summed E-state index contributed by atoms with van der Waals surface area (Å²) >= 11 is 6.22. The van der Waals surface area contributed by atoms with Crippen LogP contribution in [0.15, 0.2) is 20.3 Å². The Balaban J connectivity index is 2.42. The van der Waals surface area contributed by atoms with Gasteiger partial charge in [-0.15, -0.1) is 0 Å². The van der Waals surface area contributed by atoms with E-state index in [1.165, 1.54) is 6.20 Å². The smallest absolute Gasteiger partial charge is 0.330 e. The maximum atomic E-state index is 11.7. The lowest BCUT2D eigenvalue weighted by atomic mass is 10.2. The number of nitrogens with zero attached hydrogens (tertiary/aromatic N) is 1. The van der Waals surface area contributed by atoms with Crippen molar-refractivity contribution in [2.24, 2.45) is 0 Å². The van der Waals surface area contributed by atoms with Crippen LogP contribution in [0.1, 0.15) is 6.23 Å². The molecule has 100 valence electrons. The topological polar surface area (TPSA) is 105 Å². The fraction of sp³-hybridized carbons (Fsp3) is 0.556. The summed E-state index contributed by atoms with van der Waals surface area (Å²) in [5, 5.41) is 18.8. The molecule has 9 heteroatoms. The van der Waals surface area contributed by atoms with Gasteiger partial charge in [0.05, 0.1) is 22.0 Å². The Hall–Kier alpha value is -0.480. The van der Waals surface area contributed by atoms with E-state index in [0.29, 0.717) is 0 Å². The molecule has 1 aromatic heterocycles. The molecular weight excluding hydrogens is 376 g/mol. The number of aliphatic hydroxyl groups is 2. The highest BCUT2D eigenvalue weighted by atomic mass is 79.9. The van der Waals surface area contributed by atoms with E-state index >= 15 is 0 Å². The van der Waals surface area contributed by atoms with Gasteiger partial charge in [-0.25, -0.2) is 4.79 Å². The summed E-state index contributed by atoms with van der Waals surface area (Å²) in [7, 11) is 0. The zero-order chi connectivity index (χ0) is 13.4. The van der Waals surface area contributed by atoms with Crippen molar-refractivity contribution in [1.29, 1.82) is 0 Å². The van der Waals surface area contributed by atoms with Crippen LogP contribution in [-0.4, -0.2) is 43.4 Å². The Labute approximate surface area is 118 Å². The van der Waals surface area contributed by atoms with Crippen LogP contribution in [0.3, 0.4) is 0 Å². The normalized spacial score (nSPS) is 31.8. The van der Waals surface area contributed by atoms with E-state index in [9.17, 15) is 14.7 Å². The second kappa shape index (κ2) is 5.25. The van der Waals surface area contributed by atoms with E-state index in [-0.39, 0.29) is 11.1 Å². The molecule has 0 radical (unpaired) electrons. The summed E-state index contributed by atoms with van der Waals surface area (Å²) in [5.41, 5.74) is -1.19. The molecule has 18 heavy (non-hydrogen) atoms. The highest BCUT2D eigenvalue weighted by molar-refractivity contribution is 9.10. The first-order chi connectivity index (χ1) is 8.45. The Morgan fingerprint density at radius 2 is 2.17 bits per heavy atom. The zero-order valence-corrected chi connectivity index (χ0v) is 12.1. The van der Waals surface area contributed by atoms with E-state index in [2.05, 4.69) is 36.8 Å². The van der Waals surface area contributed by atoms with Gasteiger partial charge in [-0.1, -0.05) is 15.9 Å². The Morgan fingerprint density at radius 3 is 2.72 bits per heavy atom. The minimum Gasteiger partial charge on any atom is -0.394 e. The van der Waals surface area contributed by atoms with Crippen molar-refractivity contribution in [1.82, 2.24) is 9.55 Å². The molecule has 1 fully saturated rings. The first-order valence-corrected chi connectivity index (χ1v) is 6.76. The standard InChI is InChI=1S/C9H10Br2N2O5/c10-3-1-13(9(17)12-7(3)16)8-5(11)6(15)4(2-14)18-8/h1,4-6,8,14-15H,2H2,(H,12,16,17)/t4-,5-,6+,8-/m0/s1. The van der Waals surface area contributed by atoms with Gasteiger partial charge in [0.2, 0.25) is 0 Å². The number of nitrogens with one attached hydrogen (secondary N) is 1. The van der Waals surface area contributed by atoms with E-state index in [0.717, 1.165) is 4.57 Å². The largest absolute Gasteiger partial charge is 0.394 e. The number of aliphatic hydroxyl groups excluding tert-OH is 2. The van der Waals surface area contributed by atoms with Crippen LogP contribution in [0.4, 0.5) is 0 Å². The lowest BCUT2D eigenvalue weighted by molar-refractivity contribution is -0.0457. The molecule has 1 aromatic rings. The van der Waals surface area contributed by atoms with Gasteiger partial charge in [0.15, 0.2) is 6.23 Å². The summed E-state index contributed by atoms with van der Waals surface area (Å²) in [6.45, 7) is -0.362. The van der Waals surface area contributed by atoms with Gasteiger partial charge in [-0.3, -0.25) is 14.3 Å². The van der Waals surface area contributed by atoms with Crippen molar-refractivity contribution in [3.05, 3.63) is 31.5 Å². The van der Waals surface area contributed by atoms with E-state index < -0.39 is 34.5 Å². The number of aromatic amines is 1. The molecule has 7 nitrogen and oxygen atoms in total. The molecule has 0 saturated carbocycles. The minimum atomic E-state index is -0.947. The van der Waals surface area contributed by atoms with Crippen LogP contribution >= 0.6 is 31.9 Å². The molecule has 0 spiro atoms. The SMILES string of the molecule is O=c1[nH]c(=O)n([C@H]2O[C@@H](CO)[C@@H](O)[C@@H]2Br)cc1Br. The van der Waals surface area contributed by atoms with Crippen molar-refractivity contribution in [3.63, 3.8) is 0 Å². The third-order valence-electron chi connectivity index (χ3n) is 2.67. The quantitative estimate of drug-likeness (QED) is 0.585. The van der Waals surface area contributed by atoms with Crippen LogP contribution in [-0.2, 0) is 4.74 Å². The average Bonchev–Trinajstić information content (AvgIpc) is 2.61. The fourth-order valence-electron chi connectivity index (χ4n) is 1.73. The van der Waals surface area contributed by atoms with E-state index in [1.807, 2.05) is 0 Å². The lowest BCUT2D eigenvalue weighted by Gasteiger charge is -2.16. The van der Waals surface area contributed by atoms with Crippen LogP contribution in [0, 0.1) is 0 Å². The number of halogens is 2. The molecule has 1 saturated heterocycles. The Morgan fingerprint density at radius 1 is 1.50 bits per heavy atom. The second-order valence-electron chi connectivity index (χ2n) is 3.83. The monoisotopic (exact) mass is 384 g/mol. The van der Waals surface area contributed by atoms with Crippen LogP contribution in [0.2, 0.25) is 0 Å². The van der Waals surface area contributed by atoms with Gasteiger partial charge in [0.25, 0.3) is 5.56 Å². The van der Waals surface area contributed by atoms with Crippen LogP contribution in [0.5, 0.6) is 0 Å². The van der Waals surface area contributed by atoms with Crippen LogP contribution in [0.25, 0.3) is 0 Å². The summed E-state index contributed by atoms with van der Waals surface area (Å²) < 4.78 is 6.69. The molecule has 0 amide bonds. The van der Waals surface area contributed by atoms with Crippen molar-refractivity contribution < 1.29 is 14.9 Å². The fourth-order valence-corrected chi connectivity index (χ4v) is 2.77. The number of H-pyrrole nitrogens is 1. The van der Waals surface area contributed by atoms with E-state index in [1.54, 1.807) is 0 Å². The zero-order valence-electron chi connectivity index (χ0n) is 8.92. The summed E-state index contributed by atoms with van der Waals surface area (Å²) in [5.74, 6) is 0. The van der Waals surface area contributed by atoms with Crippen molar-refractivity contribution >= 4 is 31.9 Å². The predicted octanol–water partition coefficient (Wildman–Crippen LogP) is -0.687. The number of ether oxygens (including phenoxy) is 1. The maximum absolute atomic E-state index is 11.7. The molecule has 3 N–H and O–H groups in total. The van der Waals surface area contributed by atoms with Gasteiger partial charge in [-0.2, -0.15) is 0 Å². The minimum absolute atomic E-state index is 0.173. The first kappa shape index (κ1) is 13.9. The first-order valence-electron chi connectivity index (χ1n) is 5.05. The van der Waals surface area contributed by atoms with Gasteiger partial charge in [0.1, 0.15) is 6.10 Å². The highest BCUT2D eigenvalue weighted by Gasteiger charge is 2.43. The van der Waals surface area contributed by atoms with Gasteiger partial charge in [0, 0.05) is 6.20 Å². The maximum Gasteiger partial charge on any atom is 0.330 e. The molecule has 4 atom stereocenters. The third kappa shape index (κ3) is 2.32. The molecule has 1 aliphatic rings. The number of hydrogen-bond donors (Lipinski definition) is 3. The number of aromatic nitrogens is 2. The van der Waals surface area contributed by atoms with Gasteiger partial charge < -0.3 is 14.9 Å². The molecule has 0 aliphatic carbocycles. The molecule has 2 heterocycles. The third-order valence-corrected chi connectivity index (χ3v) is 4.23. The number of rotatable bonds is 2. The van der Waals surface area contributed by atoms with Gasteiger partial charge >= 0.3 is 5.69 Å². The summed E-state index contributed by atoms with van der Waals surface area (Å²) in [6.07, 6.45) is -1.25. The van der Waals surface area contributed by atoms with Gasteiger partial charge in [-0.05, 0) is 15.9 Å². The number of hydrogen-bond acceptors (Lipinski definition) is 5. The summed E-state index contributed by atoms with van der Waals surface area (Å²) in [6, 6.07) is 0.